The maximum atomic E-state index is 11.4. The van der Waals surface area contributed by atoms with E-state index in [9.17, 15) is 4.79 Å². The Morgan fingerprint density at radius 2 is 2.17 bits per heavy atom. The third-order valence-corrected chi connectivity index (χ3v) is 3.85. The fraction of sp³-hybridized carbons (Fsp3) is 0.462. The fourth-order valence-corrected chi connectivity index (χ4v) is 2.47. The summed E-state index contributed by atoms with van der Waals surface area (Å²) in [6.07, 6.45) is 2.11. The van der Waals surface area contributed by atoms with Gasteiger partial charge in [0.15, 0.2) is 0 Å². The molecule has 1 amide bonds. The molecule has 0 aromatic heterocycles. The molecule has 98 valence electrons. The summed E-state index contributed by atoms with van der Waals surface area (Å²) in [6.45, 7) is 2.21. The van der Waals surface area contributed by atoms with E-state index in [4.69, 9.17) is 11.6 Å². The largest absolute Gasteiger partial charge is 0.355 e. The lowest BCUT2D eigenvalue weighted by Gasteiger charge is -2.08. The molecule has 0 heterocycles. The van der Waals surface area contributed by atoms with Gasteiger partial charge in [0.1, 0.15) is 0 Å². The van der Waals surface area contributed by atoms with E-state index in [2.05, 4.69) is 26.6 Å². The molecule has 0 atom stereocenters. The maximum Gasteiger partial charge on any atom is 0.223 e. The summed E-state index contributed by atoms with van der Waals surface area (Å²) in [5, 5.41) is 6.93. The van der Waals surface area contributed by atoms with Crippen molar-refractivity contribution >= 4 is 33.4 Å². The van der Waals surface area contributed by atoms with E-state index < -0.39 is 0 Å². The number of amides is 1. The highest BCUT2D eigenvalue weighted by molar-refractivity contribution is 9.10. The van der Waals surface area contributed by atoms with Gasteiger partial charge in [-0.15, -0.1) is 0 Å². The number of nitrogens with one attached hydrogen (secondary N) is 2. The minimum atomic E-state index is 0.199. The lowest BCUT2D eigenvalue weighted by Crippen LogP contribution is -2.32. The molecule has 0 spiro atoms. The predicted octanol–water partition coefficient (Wildman–Crippen LogP) is 2.72. The summed E-state index contributed by atoms with van der Waals surface area (Å²) >= 11 is 9.35. The van der Waals surface area contributed by atoms with Crippen LogP contribution >= 0.6 is 27.5 Å². The van der Waals surface area contributed by atoms with Gasteiger partial charge in [0.05, 0.1) is 0 Å². The van der Waals surface area contributed by atoms with Crippen molar-refractivity contribution in [2.24, 2.45) is 5.92 Å². The quantitative estimate of drug-likeness (QED) is 0.787. The van der Waals surface area contributed by atoms with Crippen molar-refractivity contribution in [1.29, 1.82) is 0 Å². The minimum Gasteiger partial charge on any atom is -0.355 e. The van der Waals surface area contributed by atoms with Crippen LogP contribution in [0.15, 0.2) is 22.7 Å². The van der Waals surface area contributed by atoms with E-state index >= 15 is 0 Å². The lowest BCUT2D eigenvalue weighted by atomic mass is 10.2. The van der Waals surface area contributed by atoms with Gasteiger partial charge in [-0.1, -0.05) is 33.6 Å². The highest BCUT2D eigenvalue weighted by Gasteiger charge is 2.28. The number of hydrogen-bond acceptors (Lipinski definition) is 2. The number of carbonyl (C=O) groups excluding carboxylic acids is 1. The Morgan fingerprint density at radius 3 is 2.83 bits per heavy atom. The van der Waals surface area contributed by atoms with E-state index in [0.717, 1.165) is 41.0 Å². The molecule has 3 nitrogen and oxygen atoms in total. The average molecular weight is 332 g/mol. The number of hydrogen-bond donors (Lipinski definition) is 2. The first-order chi connectivity index (χ1) is 8.66. The van der Waals surface area contributed by atoms with Gasteiger partial charge < -0.3 is 10.6 Å². The van der Waals surface area contributed by atoms with Crippen molar-refractivity contribution in [1.82, 2.24) is 10.6 Å². The second kappa shape index (κ2) is 6.55. The Labute approximate surface area is 120 Å². The van der Waals surface area contributed by atoms with Crippen molar-refractivity contribution in [3.05, 3.63) is 33.3 Å². The van der Waals surface area contributed by atoms with Gasteiger partial charge in [-0.2, -0.15) is 0 Å². The standard InChI is InChI=1S/C13H16BrClN2O/c14-12-7-11(15)4-3-10(12)8-16-5-6-17-13(18)9-1-2-9/h3-4,7,9,16H,1-2,5-6,8H2,(H,17,18). The van der Waals surface area contributed by atoms with Crippen LogP contribution in [0.4, 0.5) is 0 Å². The molecule has 5 heteroatoms. The molecule has 1 aliphatic carbocycles. The second-order valence-corrected chi connectivity index (χ2v) is 5.77. The number of halogens is 2. The summed E-state index contributed by atoms with van der Waals surface area (Å²) < 4.78 is 1.00. The first-order valence-electron chi connectivity index (χ1n) is 6.09. The Hall–Kier alpha value is -0.580. The van der Waals surface area contributed by atoms with Crippen LogP contribution in [0.25, 0.3) is 0 Å². The summed E-state index contributed by atoms with van der Waals surface area (Å²) in [7, 11) is 0. The number of benzene rings is 1. The van der Waals surface area contributed by atoms with Crippen LogP contribution in [0.2, 0.25) is 5.02 Å². The Bertz CT molecular complexity index is 435. The van der Waals surface area contributed by atoms with Gasteiger partial charge in [0.2, 0.25) is 5.91 Å². The van der Waals surface area contributed by atoms with Gasteiger partial charge >= 0.3 is 0 Å². The lowest BCUT2D eigenvalue weighted by molar-refractivity contribution is -0.122. The fourth-order valence-electron chi connectivity index (χ4n) is 1.65. The summed E-state index contributed by atoms with van der Waals surface area (Å²) in [4.78, 5) is 11.4. The zero-order chi connectivity index (χ0) is 13.0. The van der Waals surface area contributed by atoms with E-state index in [1.165, 1.54) is 0 Å². The van der Waals surface area contributed by atoms with Gasteiger partial charge in [-0.25, -0.2) is 0 Å². The van der Waals surface area contributed by atoms with Gasteiger partial charge in [0.25, 0.3) is 0 Å². The summed E-state index contributed by atoms with van der Waals surface area (Å²) in [5.74, 6) is 0.486. The SMILES string of the molecule is O=C(NCCNCc1ccc(Cl)cc1Br)C1CC1. The number of rotatable bonds is 6. The Morgan fingerprint density at radius 1 is 1.39 bits per heavy atom. The predicted molar refractivity (Wildman–Crippen MR) is 76.6 cm³/mol. The molecule has 1 aliphatic rings. The first-order valence-corrected chi connectivity index (χ1v) is 7.26. The van der Waals surface area contributed by atoms with Gasteiger partial charge in [-0.05, 0) is 30.5 Å². The third-order valence-electron chi connectivity index (χ3n) is 2.88. The molecular weight excluding hydrogens is 316 g/mol. The monoisotopic (exact) mass is 330 g/mol. The topological polar surface area (TPSA) is 41.1 Å². The van der Waals surface area contributed by atoms with Gasteiger partial charge in [0, 0.05) is 35.0 Å². The van der Waals surface area contributed by atoms with E-state index in [0.29, 0.717) is 6.54 Å². The van der Waals surface area contributed by atoms with E-state index in [-0.39, 0.29) is 11.8 Å². The van der Waals surface area contributed by atoms with Crippen molar-refractivity contribution in [2.75, 3.05) is 13.1 Å². The van der Waals surface area contributed by atoms with Crippen molar-refractivity contribution in [3.63, 3.8) is 0 Å². The number of carbonyl (C=O) groups is 1. The molecule has 2 N–H and O–H groups in total. The van der Waals surface area contributed by atoms with Crippen molar-refractivity contribution < 1.29 is 4.79 Å². The second-order valence-electron chi connectivity index (χ2n) is 4.48. The molecular formula is C13H16BrClN2O. The molecule has 1 aromatic rings. The molecule has 1 aromatic carbocycles. The van der Waals surface area contributed by atoms with Crippen molar-refractivity contribution in [3.8, 4) is 0 Å². The minimum absolute atomic E-state index is 0.199. The van der Waals surface area contributed by atoms with Crippen LogP contribution in [0.3, 0.4) is 0 Å². The maximum absolute atomic E-state index is 11.4. The molecule has 18 heavy (non-hydrogen) atoms. The molecule has 1 saturated carbocycles. The third kappa shape index (κ3) is 4.26. The Balaban J connectivity index is 1.63. The summed E-state index contributed by atoms with van der Waals surface area (Å²) in [5.41, 5.74) is 1.16. The zero-order valence-electron chi connectivity index (χ0n) is 10.0. The molecule has 0 radical (unpaired) electrons. The van der Waals surface area contributed by atoms with E-state index in [1.807, 2.05) is 18.2 Å². The molecule has 0 bridgehead atoms. The highest BCUT2D eigenvalue weighted by atomic mass is 79.9. The average Bonchev–Trinajstić information content (AvgIpc) is 3.15. The van der Waals surface area contributed by atoms with Crippen LogP contribution in [-0.2, 0) is 11.3 Å². The normalized spacial score (nSPS) is 14.6. The molecule has 0 unspecified atom stereocenters. The zero-order valence-corrected chi connectivity index (χ0v) is 12.4. The molecule has 0 aliphatic heterocycles. The Kier molecular flexibility index (Phi) is 5.03. The van der Waals surface area contributed by atoms with Crippen LogP contribution < -0.4 is 10.6 Å². The summed E-state index contributed by atoms with van der Waals surface area (Å²) in [6, 6.07) is 5.74. The first kappa shape index (κ1) is 13.8. The van der Waals surface area contributed by atoms with Crippen LogP contribution in [0, 0.1) is 5.92 Å². The van der Waals surface area contributed by atoms with Crippen LogP contribution in [0.5, 0.6) is 0 Å². The highest BCUT2D eigenvalue weighted by Crippen LogP contribution is 2.28. The van der Waals surface area contributed by atoms with Gasteiger partial charge in [-0.3, -0.25) is 4.79 Å². The molecule has 2 rings (SSSR count). The van der Waals surface area contributed by atoms with E-state index in [1.54, 1.807) is 0 Å². The molecule has 1 fully saturated rings. The van der Waals surface area contributed by atoms with Crippen molar-refractivity contribution in [2.45, 2.75) is 19.4 Å². The molecule has 0 saturated heterocycles. The van der Waals surface area contributed by atoms with Crippen LogP contribution in [0.1, 0.15) is 18.4 Å². The van der Waals surface area contributed by atoms with Crippen LogP contribution in [-0.4, -0.2) is 19.0 Å². The smallest absolute Gasteiger partial charge is 0.223 e.